The number of hydrogen-bond acceptors (Lipinski definition) is 5. The van der Waals surface area contributed by atoms with Crippen molar-refractivity contribution in [1.29, 1.82) is 0 Å². The molecule has 0 spiro atoms. The lowest BCUT2D eigenvalue weighted by molar-refractivity contribution is 0.600. The first-order valence-corrected chi connectivity index (χ1v) is 10.2. The third-order valence-corrected chi connectivity index (χ3v) is 5.66. The summed E-state index contributed by atoms with van der Waals surface area (Å²) >= 11 is 6.41. The van der Waals surface area contributed by atoms with E-state index in [1.165, 1.54) is 17.1 Å². The van der Waals surface area contributed by atoms with Crippen molar-refractivity contribution >= 4 is 27.6 Å². The molecule has 27 heavy (non-hydrogen) atoms. The Kier molecular flexibility index (Phi) is 5.21. The number of anilines is 1. The second kappa shape index (κ2) is 7.28. The fourth-order valence-corrected chi connectivity index (χ4v) is 4.07. The summed E-state index contributed by atoms with van der Waals surface area (Å²) in [6.45, 7) is 5.95. The molecule has 2 heterocycles. The molecule has 0 aliphatic heterocycles. The van der Waals surface area contributed by atoms with Crippen molar-refractivity contribution in [3.8, 4) is 11.3 Å². The lowest BCUT2D eigenvalue weighted by Crippen LogP contribution is -2.16. The Hall–Kier alpha value is -2.45. The Morgan fingerprint density at radius 3 is 2.48 bits per heavy atom. The summed E-state index contributed by atoms with van der Waals surface area (Å²) in [7, 11) is -2.23. The maximum absolute atomic E-state index is 12.6. The Balaban J connectivity index is 2.12. The Morgan fingerprint density at radius 2 is 1.89 bits per heavy atom. The first kappa shape index (κ1) is 19.3. The summed E-state index contributed by atoms with van der Waals surface area (Å²) < 4.78 is 28.9. The van der Waals surface area contributed by atoms with E-state index in [0.29, 0.717) is 5.69 Å². The van der Waals surface area contributed by atoms with Crippen LogP contribution in [-0.4, -0.2) is 28.2 Å². The van der Waals surface area contributed by atoms with Crippen molar-refractivity contribution in [2.24, 2.45) is 7.05 Å². The van der Waals surface area contributed by atoms with Gasteiger partial charge in [0.1, 0.15) is 10.0 Å². The van der Waals surface area contributed by atoms with E-state index in [1.54, 1.807) is 7.05 Å². The van der Waals surface area contributed by atoms with E-state index in [9.17, 15) is 8.42 Å². The summed E-state index contributed by atoms with van der Waals surface area (Å²) in [5.74, 6) is -0.0115. The molecule has 0 aliphatic rings. The highest BCUT2D eigenvalue weighted by Crippen LogP contribution is 2.35. The molecule has 7 nitrogen and oxygen atoms in total. The van der Waals surface area contributed by atoms with E-state index in [2.05, 4.69) is 19.8 Å². The number of aromatic nitrogens is 4. The first-order valence-electron chi connectivity index (χ1n) is 8.34. The molecule has 1 aromatic carbocycles. The van der Waals surface area contributed by atoms with Crippen molar-refractivity contribution < 1.29 is 8.42 Å². The summed E-state index contributed by atoms with van der Waals surface area (Å²) in [6, 6.07) is 7.73. The van der Waals surface area contributed by atoms with E-state index >= 15 is 0 Å². The average molecular weight is 406 g/mol. The van der Waals surface area contributed by atoms with Crippen molar-refractivity contribution in [2.75, 3.05) is 4.72 Å². The van der Waals surface area contributed by atoms with Crippen LogP contribution in [0.4, 0.5) is 5.95 Å². The molecule has 1 N–H and O–H groups in total. The minimum atomic E-state index is -3.87. The molecule has 2 aromatic heterocycles. The van der Waals surface area contributed by atoms with Crippen LogP contribution >= 0.6 is 11.6 Å². The highest BCUT2D eigenvalue weighted by atomic mass is 35.5. The van der Waals surface area contributed by atoms with Gasteiger partial charge in [-0.2, -0.15) is 10.1 Å². The number of aryl methyl sites for hydroxylation is 2. The minimum Gasteiger partial charge on any atom is -0.274 e. The minimum absolute atomic E-state index is 0.0232. The van der Waals surface area contributed by atoms with Crippen LogP contribution in [-0.2, 0) is 17.1 Å². The van der Waals surface area contributed by atoms with Crippen LogP contribution in [0.1, 0.15) is 30.9 Å². The average Bonchev–Trinajstić information content (AvgIpc) is 3.01. The molecule has 3 aromatic rings. The number of rotatable bonds is 5. The smallest absolute Gasteiger partial charge is 0.267 e. The van der Waals surface area contributed by atoms with Gasteiger partial charge in [-0.1, -0.05) is 49.7 Å². The summed E-state index contributed by atoms with van der Waals surface area (Å²) in [5, 5.41) is 4.11. The van der Waals surface area contributed by atoms with Crippen molar-refractivity contribution in [2.45, 2.75) is 31.6 Å². The van der Waals surface area contributed by atoms with Gasteiger partial charge >= 0.3 is 0 Å². The molecule has 0 saturated heterocycles. The SMILES string of the molecule is Cc1ccccc1-c1nc(NS(=O)(=O)c2cnn(C)c2)nc(Cl)c1C(C)C. The standard InChI is InChI=1S/C18H20ClN5O2S/c1-11(2)15-16(14-8-6-5-7-12(14)3)21-18(22-17(15)19)23-27(25,26)13-9-20-24(4)10-13/h5-11H,1-4H3,(H,21,22,23). The maximum atomic E-state index is 12.6. The molecular formula is C18H20ClN5O2S. The monoisotopic (exact) mass is 405 g/mol. The Labute approximate surface area is 163 Å². The number of nitrogens with zero attached hydrogens (tertiary/aromatic N) is 4. The second-order valence-electron chi connectivity index (χ2n) is 6.53. The van der Waals surface area contributed by atoms with Crippen molar-refractivity contribution in [3.05, 3.63) is 52.9 Å². The van der Waals surface area contributed by atoms with Crippen molar-refractivity contribution in [3.63, 3.8) is 0 Å². The van der Waals surface area contributed by atoms with E-state index < -0.39 is 10.0 Å². The predicted octanol–water partition coefficient (Wildman–Crippen LogP) is 3.76. The van der Waals surface area contributed by atoms with Crippen LogP contribution in [0.25, 0.3) is 11.3 Å². The van der Waals surface area contributed by atoms with Gasteiger partial charge in [0.15, 0.2) is 0 Å². The van der Waals surface area contributed by atoms with Crippen LogP contribution in [0.3, 0.4) is 0 Å². The van der Waals surface area contributed by atoms with Crippen LogP contribution in [0.5, 0.6) is 0 Å². The number of benzene rings is 1. The molecule has 0 aliphatic carbocycles. The normalized spacial score (nSPS) is 11.8. The quantitative estimate of drug-likeness (QED) is 0.652. The molecule has 0 fully saturated rings. The third-order valence-electron chi connectivity index (χ3n) is 4.09. The lowest BCUT2D eigenvalue weighted by Gasteiger charge is -2.16. The fraction of sp³-hybridized carbons (Fsp3) is 0.278. The van der Waals surface area contributed by atoms with Crippen LogP contribution < -0.4 is 4.72 Å². The van der Waals surface area contributed by atoms with Gasteiger partial charge in [-0.25, -0.2) is 18.1 Å². The zero-order valence-electron chi connectivity index (χ0n) is 15.4. The van der Waals surface area contributed by atoms with Crippen LogP contribution in [0.2, 0.25) is 5.15 Å². The fourth-order valence-electron chi connectivity index (χ4n) is 2.76. The van der Waals surface area contributed by atoms with E-state index in [0.717, 1.165) is 16.7 Å². The predicted molar refractivity (Wildman–Crippen MR) is 105 cm³/mol. The number of hydrogen-bond donors (Lipinski definition) is 1. The molecule has 9 heteroatoms. The third kappa shape index (κ3) is 3.96. The van der Waals surface area contributed by atoms with Gasteiger partial charge in [0.05, 0.1) is 11.9 Å². The summed E-state index contributed by atoms with van der Waals surface area (Å²) in [5.41, 5.74) is 3.28. The molecule has 0 saturated carbocycles. The zero-order valence-corrected chi connectivity index (χ0v) is 17.0. The zero-order chi connectivity index (χ0) is 19.8. The van der Waals surface area contributed by atoms with Gasteiger partial charge in [0, 0.05) is 24.4 Å². The summed E-state index contributed by atoms with van der Waals surface area (Å²) in [6.07, 6.45) is 2.66. The molecule has 0 unspecified atom stereocenters. The van der Waals surface area contributed by atoms with Crippen LogP contribution in [0.15, 0.2) is 41.6 Å². The molecular weight excluding hydrogens is 386 g/mol. The number of halogens is 1. The highest BCUT2D eigenvalue weighted by Gasteiger charge is 2.22. The molecule has 142 valence electrons. The van der Waals surface area contributed by atoms with Gasteiger partial charge in [0.25, 0.3) is 10.0 Å². The van der Waals surface area contributed by atoms with Gasteiger partial charge in [-0.05, 0) is 18.4 Å². The van der Waals surface area contributed by atoms with Gasteiger partial charge in [0.2, 0.25) is 5.95 Å². The van der Waals surface area contributed by atoms with Crippen molar-refractivity contribution in [1.82, 2.24) is 19.7 Å². The number of nitrogens with one attached hydrogen (secondary N) is 1. The summed E-state index contributed by atoms with van der Waals surface area (Å²) in [4.78, 5) is 8.68. The molecule has 0 bridgehead atoms. The largest absolute Gasteiger partial charge is 0.274 e. The second-order valence-corrected chi connectivity index (χ2v) is 8.57. The van der Waals surface area contributed by atoms with E-state index in [4.69, 9.17) is 11.6 Å². The molecule has 0 atom stereocenters. The Morgan fingerprint density at radius 1 is 1.19 bits per heavy atom. The van der Waals surface area contributed by atoms with Crippen LogP contribution in [0, 0.1) is 6.92 Å². The van der Waals surface area contributed by atoms with Gasteiger partial charge < -0.3 is 0 Å². The Bertz CT molecular complexity index is 1090. The maximum Gasteiger partial charge on any atom is 0.267 e. The number of sulfonamides is 1. The molecule has 0 amide bonds. The lowest BCUT2D eigenvalue weighted by atomic mass is 9.96. The molecule has 3 rings (SSSR count). The van der Waals surface area contributed by atoms with Gasteiger partial charge in [-0.15, -0.1) is 0 Å². The van der Waals surface area contributed by atoms with E-state index in [1.807, 2.05) is 45.0 Å². The molecule has 0 radical (unpaired) electrons. The highest BCUT2D eigenvalue weighted by molar-refractivity contribution is 7.92. The van der Waals surface area contributed by atoms with Gasteiger partial charge in [-0.3, -0.25) is 4.68 Å². The first-order chi connectivity index (χ1) is 12.7. The topological polar surface area (TPSA) is 89.8 Å². The van der Waals surface area contributed by atoms with E-state index in [-0.39, 0.29) is 21.9 Å².